The molecule has 3 N–H and O–H groups in total. The van der Waals surface area contributed by atoms with Crippen LogP contribution in [0.25, 0.3) is 0 Å². The van der Waals surface area contributed by atoms with E-state index in [-0.39, 0.29) is 12.5 Å². The van der Waals surface area contributed by atoms with E-state index in [1.165, 1.54) is 0 Å². The summed E-state index contributed by atoms with van der Waals surface area (Å²) in [6, 6.07) is 5.34. The number of rotatable bonds is 5. The summed E-state index contributed by atoms with van der Waals surface area (Å²) < 4.78 is 10.4. The van der Waals surface area contributed by atoms with Gasteiger partial charge in [0.15, 0.2) is 0 Å². The van der Waals surface area contributed by atoms with E-state index in [0.29, 0.717) is 17.1 Å². The molecule has 1 aromatic carbocycles. The highest BCUT2D eigenvalue weighted by Gasteiger charge is 2.34. The highest BCUT2D eigenvalue weighted by molar-refractivity contribution is 5.44. The van der Waals surface area contributed by atoms with Gasteiger partial charge in [-0.25, -0.2) is 0 Å². The molecule has 1 atom stereocenters. The van der Waals surface area contributed by atoms with E-state index >= 15 is 0 Å². The van der Waals surface area contributed by atoms with Gasteiger partial charge < -0.3 is 20.3 Å². The van der Waals surface area contributed by atoms with E-state index < -0.39 is 5.60 Å². The first kappa shape index (κ1) is 13.8. The molecular formula is C13H21NO3. The Hall–Kier alpha value is -1.26. The Morgan fingerprint density at radius 1 is 1.29 bits per heavy atom. The van der Waals surface area contributed by atoms with Crippen LogP contribution >= 0.6 is 0 Å². The van der Waals surface area contributed by atoms with Crippen LogP contribution in [0.3, 0.4) is 0 Å². The van der Waals surface area contributed by atoms with Gasteiger partial charge in [0.1, 0.15) is 17.1 Å². The van der Waals surface area contributed by atoms with Gasteiger partial charge in [-0.1, -0.05) is 13.8 Å². The molecule has 0 spiro atoms. The van der Waals surface area contributed by atoms with Gasteiger partial charge in [-0.15, -0.1) is 0 Å². The number of benzene rings is 1. The van der Waals surface area contributed by atoms with E-state index in [0.717, 1.165) is 0 Å². The minimum absolute atomic E-state index is 0.00482. The number of hydrogen-bond donors (Lipinski definition) is 2. The lowest BCUT2D eigenvalue weighted by Gasteiger charge is -2.32. The molecule has 0 aromatic heterocycles. The number of methoxy groups -OCH3 is 2. The van der Waals surface area contributed by atoms with Crippen molar-refractivity contribution in [3.8, 4) is 11.5 Å². The molecule has 1 rings (SSSR count). The third-order valence-corrected chi connectivity index (χ3v) is 3.14. The minimum Gasteiger partial charge on any atom is -0.497 e. The number of nitrogens with two attached hydrogens (primary N) is 1. The first-order valence-corrected chi connectivity index (χ1v) is 5.64. The molecule has 96 valence electrons. The molecule has 4 heteroatoms. The molecule has 0 fully saturated rings. The van der Waals surface area contributed by atoms with Gasteiger partial charge in [0.05, 0.1) is 14.2 Å². The smallest absolute Gasteiger partial charge is 0.128 e. The molecule has 17 heavy (non-hydrogen) atoms. The van der Waals surface area contributed by atoms with Gasteiger partial charge in [-0.05, 0) is 18.1 Å². The van der Waals surface area contributed by atoms with Crippen LogP contribution in [0.4, 0.5) is 0 Å². The lowest BCUT2D eigenvalue weighted by atomic mass is 9.83. The fraction of sp³-hybridized carbons (Fsp3) is 0.538. The van der Waals surface area contributed by atoms with Crippen molar-refractivity contribution >= 4 is 0 Å². The van der Waals surface area contributed by atoms with Crippen molar-refractivity contribution in [2.24, 2.45) is 11.7 Å². The lowest BCUT2D eigenvalue weighted by Crippen LogP contribution is -2.40. The van der Waals surface area contributed by atoms with Crippen molar-refractivity contribution in [2.75, 3.05) is 20.8 Å². The first-order chi connectivity index (χ1) is 7.99. The van der Waals surface area contributed by atoms with Crippen molar-refractivity contribution in [3.63, 3.8) is 0 Å². The molecule has 0 aliphatic carbocycles. The lowest BCUT2D eigenvalue weighted by molar-refractivity contribution is -0.00317. The summed E-state index contributed by atoms with van der Waals surface area (Å²) in [5, 5.41) is 10.6. The standard InChI is InChI=1S/C13H21NO3/c1-9(2)13(15,8-14)11-6-5-10(16-3)7-12(11)17-4/h5-7,9,15H,8,14H2,1-4H3. The maximum atomic E-state index is 10.6. The van der Waals surface area contributed by atoms with Gasteiger partial charge >= 0.3 is 0 Å². The van der Waals surface area contributed by atoms with Crippen LogP contribution in [0.2, 0.25) is 0 Å². The van der Waals surface area contributed by atoms with Gasteiger partial charge in [0, 0.05) is 18.2 Å². The molecule has 4 nitrogen and oxygen atoms in total. The number of aliphatic hydroxyl groups is 1. The van der Waals surface area contributed by atoms with E-state index in [1.807, 2.05) is 13.8 Å². The van der Waals surface area contributed by atoms with Crippen LogP contribution in [0.1, 0.15) is 19.4 Å². The predicted octanol–water partition coefficient (Wildman–Crippen LogP) is 1.51. The van der Waals surface area contributed by atoms with Crippen LogP contribution in [0.15, 0.2) is 18.2 Å². The minimum atomic E-state index is -1.09. The fourth-order valence-corrected chi connectivity index (χ4v) is 1.81. The molecule has 1 aromatic rings. The number of ether oxygens (including phenoxy) is 2. The van der Waals surface area contributed by atoms with Crippen molar-refractivity contribution in [1.82, 2.24) is 0 Å². The normalized spacial score (nSPS) is 14.5. The zero-order valence-corrected chi connectivity index (χ0v) is 10.9. The summed E-state index contributed by atoms with van der Waals surface area (Å²) in [6.07, 6.45) is 0. The van der Waals surface area contributed by atoms with Gasteiger partial charge in [-0.2, -0.15) is 0 Å². The molecule has 0 aliphatic heterocycles. The van der Waals surface area contributed by atoms with Crippen molar-refractivity contribution in [2.45, 2.75) is 19.4 Å². The Balaban J connectivity index is 3.29. The topological polar surface area (TPSA) is 64.7 Å². The second-order valence-corrected chi connectivity index (χ2v) is 4.35. The van der Waals surface area contributed by atoms with Crippen LogP contribution in [0, 0.1) is 5.92 Å². The average Bonchev–Trinajstić information content (AvgIpc) is 2.36. The summed E-state index contributed by atoms with van der Waals surface area (Å²) in [6.45, 7) is 4.00. The van der Waals surface area contributed by atoms with E-state index in [1.54, 1.807) is 32.4 Å². The zero-order valence-electron chi connectivity index (χ0n) is 10.9. The van der Waals surface area contributed by atoms with E-state index in [2.05, 4.69) is 0 Å². The summed E-state index contributed by atoms with van der Waals surface area (Å²) in [5.41, 5.74) is 5.30. The van der Waals surface area contributed by atoms with Gasteiger partial charge in [0.25, 0.3) is 0 Å². The molecule has 1 unspecified atom stereocenters. The summed E-state index contributed by atoms with van der Waals surface area (Å²) in [5.74, 6) is 1.27. The summed E-state index contributed by atoms with van der Waals surface area (Å²) >= 11 is 0. The highest BCUT2D eigenvalue weighted by Crippen LogP contribution is 2.37. The predicted molar refractivity (Wildman–Crippen MR) is 67.3 cm³/mol. The summed E-state index contributed by atoms with van der Waals surface area (Å²) in [7, 11) is 3.15. The zero-order chi connectivity index (χ0) is 13.1. The summed E-state index contributed by atoms with van der Waals surface area (Å²) in [4.78, 5) is 0. The van der Waals surface area contributed by atoms with Crippen molar-refractivity contribution in [3.05, 3.63) is 23.8 Å². The van der Waals surface area contributed by atoms with Crippen molar-refractivity contribution in [1.29, 1.82) is 0 Å². The maximum absolute atomic E-state index is 10.6. The van der Waals surface area contributed by atoms with Crippen LogP contribution < -0.4 is 15.2 Å². The van der Waals surface area contributed by atoms with Gasteiger partial charge in [-0.3, -0.25) is 0 Å². The van der Waals surface area contributed by atoms with Crippen LogP contribution in [0.5, 0.6) is 11.5 Å². The Labute approximate surface area is 102 Å². The maximum Gasteiger partial charge on any atom is 0.128 e. The molecule has 0 aliphatic rings. The molecule has 0 radical (unpaired) electrons. The fourth-order valence-electron chi connectivity index (χ4n) is 1.81. The molecule has 0 saturated carbocycles. The third-order valence-electron chi connectivity index (χ3n) is 3.14. The molecule has 0 amide bonds. The molecule has 0 heterocycles. The Morgan fingerprint density at radius 3 is 2.35 bits per heavy atom. The average molecular weight is 239 g/mol. The van der Waals surface area contributed by atoms with Crippen LogP contribution in [-0.2, 0) is 5.60 Å². The van der Waals surface area contributed by atoms with Crippen LogP contribution in [-0.4, -0.2) is 25.9 Å². The second-order valence-electron chi connectivity index (χ2n) is 4.35. The molecule has 0 bridgehead atoms. The Bertz CT molecular complexity index is 379. The van der Waals surface area contributed by atoms with E-state index in [9.17, 15) is 5.11 Å². The molecular weight excluding hydrogens is 218 g/mol. The monoisotopic (exact) mass is 239 g/mol. The Morgan fingerprint density at radius 2 is 1.94 bits per heavy atom. The SMILES string of the molecule is COc1ccc(C(O)(CN)C(C)C)c(OC)c1. The van der Waals surface area contributed by atoms with Gasteiger partial charge in [0.2, 0.25) is 0 Å². The Kier molecular flexibility index (Phi) is 4.37. The third kappa shape index (κ3) is 2.53. The van der Waals surface area contributed by atoms with Crippen molar-refractivity contribution < 1.29 is 14.6 Å². The first-order valence-electron chi connectivity index (χ1n) is 5.64. The quantitative estimate of drug-likeness (QED) is 0.817. The highest BCUT2D eigenvalue weighted by atomic mass is 16.5. The molecule has 0 saturated heterocycles. The second kappa shape index (κ2) is 5.38. The largest absolute Gasteiger partial charge is 0.497 e. The van der Waals surface area contributed by atoms with E-state index in [4.69, 9.17) is 15.2 Å². The number of hydrogen-bond acceptors (Lipinski definition) is 4.